The quantitative estimate of drug-likeness (QED) is 0.731. The molecule has 0 saturated heterocycles. The maximum Gasteiger partial charge on any atom is 0.176 e. The third-order valence-electron chi connectivity index (χ3n) is 2.72. The topological polar surface area (TPSA) is 39.8 Å². The Morgan fingerprint density at radius 3 is 2.88 bits per heavy atom. The van der Waals surface area contributed by atoms with E-state index < -0.39 is 0 Å². The molecule has 0 aliphatic rings. The number of carbonyl (C=O) groups is 1. The molecule has 0 aliphatic carbocycles. The van der Waals surface area contributed by atoms with Crippen LogP contribution in [0.1, 0.15) is 23.1 Å². The monoisotopic (exact) mass is 217 g/mol. The summed E-state index contributed by atoms with van der Waals surface area (Å²) in [4.78, 5) is 11.3. The van der Waals surface area contributed by atoms with Gasteiger partial charge in [-0.15, -0.1) is 0 Å². The molecule has 0 aromatic carbocycles. The van der Waals surface area contributed by atoms with Gasteiger partial charge in [0, 0.05) is 45.0 Å². The molecule has 84 valence electrons. The molecule has 0 aliphatic heterocycles. The van der Waals surface area contributed by atoms with E-state index in [0.29, 0.717) is 0 Å². The molecular formula is C12H15N3O. The number of hydrogen-bond donors (Lipinski definition) is 0. The molecule has 4 nitrogen and oxygen atoms in total. The van der Waals surface area contributed by atoms with Gasteiger partial charge in [0.15, 0.2) is 5.78 Å². The van der Waals surface area contributed by atoms with Crippen molar-refractivity contribution in [2.45, 2.75) is 19.9 Å². The first-order valence-electron chi connectivity index (χ1n) is 5.31. The fourth-order valence-electron chi connectivity index (χ4n) is 1.81. The lowest BCUT2D eigenvalue weighted by molar-refractivity contribution is 0.100. The molecule has 2 rings (SSSR count). The first-order valence-corrected chi connectivity index (χ1v) is 5.31. The van der Waals surface area contributed by atoms with E-state index in [-0.39, 0.29) is 5.78 Å². The van der Waals surface area contributed by atoms with Gasteiger partial charge in [-0.1, -0.05) is 0 Å². The van der Waals surface area contributed by atoms with Crippen molar-refractivity contribution in [3.05, 3.63) is 42.0 Å². The second-order valence-electron chi connectivity index (χ2n) is 3.84. The highest BCUT2D eigenvalue weighted by atomic mass is 16.1. The molecule has 2 heterocycles. The first kappa shape index (κ1) is 10.7. The maximum absolute atomic E-state index is 11.3. The summed E-state index contributed by atoms with van der Waals surface area (Å²) in [5, 5.41) is 4.11. The normalized spacial score (nSPS) is 10.6. The average molecular weight is 217 g/mol. The molecule has 2 aromatic heterocycles. The average Bonchev–Trinajstić information content (AvgIpc) is 2.83. The Kier molecular flexibility index (Phi) is 2.90. The predicted octanol–water partition coefficient (Wildman–Crippen LogP) is 1.67. The van der Waals surface area contributed by atoms with Gasteiger partial charge in [-0.3, -0.25) is 9.48 Å². The van der Waals surface area contributed by atoms with E-state index in [0.717, 1.165) is 18.7 Å². The summed E-state index contributed by atoms with van der Waals surface area (Å²) in [5.41, 5.74) is 1.94. The zero-order valence-electron chi connectivity index (χ0n) is 9.55. The summed E-state index contributed by atoms with van der Waals surface area (Å²) in [7, 11) is 1.93. The van der Waals surface area contributed by atoms with Crippen LogP contribution in [0.5, 0.6) is 0 Å². The molecule has 0 amide bonds. The van der Waals surface area contributed by atoms with Crippen LogP contribution in [-0.2, 0) is 20.0 Å². The van der Waals surface area contributed by atoms with E-state index in [9.17, 15) is 4.79 Å². The van der Waals surface area contributed by atoms with Crippen molar-refractivity contribution in [2.24, 2.45) is 7.05 Å². The van der Waals surface area contributed by atoms with Crippen molar-refractivity contribution in [3.63, 3.8) is 0 Å². The predicted molar refractivity (Wildman–Crippen MR) is 61.3 cm³/mol. The summed E-state index contributed by atoms with van der Waals surface area (Å²) in [6.07, 6.45) is 4.61. The van der Waals surface area contributed by atoms with Gasteiger partial charge in [0.25, 0.3) is 0 Å². The van der Waals surface area contributed by atoms with Crippen LogP contribution >= 0.6 is 0 Å². The molecule has 0 fully saturated rings. The number of aromatic nitrogens is 3. The second-order valence-corrected chi connectivity index (χ2v) is 3.84. The van der Waals surface area contributed by atoms with Crippen LogP contribution in [0, 0.1) is 0 Å². The molecule has 0 radical (unpaired) electrons. The summed E-state index contributed by atoms with van der Waals surface area (Å²) in [6.45, 7) is 2.40. The van der Waals surface area contributed by atoms with E-state index in [1.807, 2.05) is 40.7 Å². The second kappa shape index (κ2) is 4.35. The van der Waals surface area contributed by atoms with Crippen molar-refractivity contribution in [1.29, 1.82) is 0 Å². The Labute approximate surface area is 94.5 Å². The fourth-order valence-corrected chi connectivity index (χ4v) is 1.81. The van der Waals surface area contributed by atoms with Crippen LogP contribution in [0.15, 0.2) is 30.6 Å². The number of hydrogen-bond acceptors (Lipinski definition) is 2. The minimum Gasteiger partial charge on any atom is -0.345 e. The number of carbonyl (C=O) groups excluding carboxylic acids is 1. The van der Waals surface area contributed by atoms with Crippen LogP contribution in [0.25, 0.3) is 0 Å². The number of aryl methyl sites for hydroxylation is 3. The lowest BCUT2D eigenvalue weighted by atomic mass is 10.3. The number of ketones is 1. The van der Waals surface area contributed by atoms with Gasteiger partial charge < -0.3 is 4.57 Å². The molecule has 0 N–H and O–H groups in total. The molecular weight excluding hydrogens is 202 g/mol. The van der Waals surface area contributed by atoms with Crippen molar-refractivity contribution in [3.8, 4) is 0 Å². The van der Waals surface area contributed by atoms with E-state index in [1.54, 1.807) is 13.1 Å². The highest BCUT2D eigenvalue weighted by Gasteiger charge is 2.06. The molecule has 16 heavy (non-hydrogen) atoms. The third-order valence-corrected chi connectivity index (χ3v) is 2.72. The fraction of sp³-hybridized carbons (Fsp3) is 0.333. The van der Waals surface area contributed by atoms with E-state index in [4.69, 9.17) is 0 Å². The highest BCUT2D eigenvalue weighted by Crippen LogP contribution is 2.06. The number of rotatable bonds is 4. The molecule has 4 heteroatoms. The van der Waals surface area contributed by atoms with Crippen LogP contribution < -0.4 is 0 Å². The smallest absolute Gasteiger partial charge is 0.176 e. The Hall–Kier alpha value is -1.84. The molecule has 0 saturated carbocycles. The third kappa shape index (κ3) is 2.05. The van der Waals surface area contributed by atoms with Gasteiger partial charge in [-0.05, 0) is 18.2 Å². The lowest BCUT2D eigenvalue weighted by Crippen LogP contribution is -2.09. The van der Waals surface area contributed by atoms with E-state index in [1.165, 1.54) is 5.69 Å². The maximum atomic E-state index is 11.3. The molecule has 0 bridgehead atoms. The Balaban J connectivity index is 2.08. The van der Waals surface area contributed by atoms with Gasteiger partial charge in [-0.2, -0.15) is 5.10 Å². The summed E-state index contributed by atoms with van der Waals surface area (Å²) >= 11 is 0. The van der Waals surface area contributed by atoms with Crippen LogP contribution in [0.4, 0.5) is 0 Å². The molecule has 2 aromatic rings. The standard InChI is InChI=1S/C12H15N3O/c1-10(16)12-4-3-8-15(12)9-6-11-5-7-13-14(11)2/h3-5,7-8H,6,9H2,1-2H3. The Morgan fingerprint density at radius 2 is 2.25 bits per heavy atom. The van der Waals surface area contributed by atoms with Gasteiger partial charge >= 0.3 is 0 Å². The van der Waals surface area contributed by atoms with E-state index >= 15 is 0 Å². The molecule has 0 unspecified atom stereocenters. The van der Waals surface area contributed by atoms with E-state index in [2.05, 4.69) is 5.10 Å². The largest absolute Gasteiger partial charge is 0.345 e. The number of nitrogens with zero attached hydrogens (tertiary/aromatic N) is 3. The van der Waals surface area contributed by atoms with Gasteiger partial charge in [0.05, 0.1) is 5.69 Å². The van der Waals surface area contributed by atoms with Gasteiger partial charge in [-0.25, -0.2) is 0 Å². The summed E-state index contributed by atoms with van der Waals surface area (Å²) in [5.74, 6) is 0.106. The van der Waals surface area contributed by atoms with Gasteiger partial charge in [0.2, 0.25) is 0 Å². The SMILES string of the molecule is CC(=O)c1cccn1CCc1ccnn1C. The van der Waals surface area contributed by atoms with Crippen molar-refractivity contribution in [1.82, 2.24) is 14.3 Å². The zero-order chi connectivity index (χ0) is 11.5. The minimum atomic E-state index is 0.106. The first-order chi connectivity index (χ1) is 7.68. The molecule has 0 spiro atoms. The van der Waals surface area contributed by atoms with Crippen molar-refractivity contribution < 1.29 is 4.79 Å². The molecule has 0 atom stereocenters. The van der Waals surface area contributed by atoms with Crippen molar-refractivity contribution in [2.75, 3.05) is 0 Å². The Morgan fingerprint density at radius 1 is 1.44 bits per heavy atom. The van der Waals surface area contributed by atoms with Crippen molar-refractivity contribution >= 4 is 5.78 Å². The van der Waals surface area contributed by atoms with Crippen LogP contribution in [-0.4, -0.2) is 20.1 Å². The minimum absolute atomic E-state index is 0.106. The zero-order valence-corrected chi connectivity index (χ0v) is 9.55. The highest BCUT2D eigenvalue weighted by molar-refractivity contribution is 5.92. The summed E-state index contributed by atoms with van der Waals surface area (Å²) < 4.78 is 3.84. The van der Waals surface area contributed by atoms with Gasteiger partial charge in [0.1, 0.15) is 0 Å². The van der Waals surface area contributed by atoms with Crippen LogP contribution in [0.2, 0.25) is 0 Å². The number of Topliss-reactive ketones (excluding diaryl/α,β-unsaturated/α-hetero) is 1. The summed E-state index contributed by atoms with van der Waals surface area (Å²) in [6, 6.07) is 5.75. The Bertz CT molecular complexity index is 496. The van der Waals surface area contributed by atoms with Crippen LogP contribution in [0.3, 0.4) is 0 Å². The lowest BCUT2D eigenvalue weighted by Gasteiger charge is -2.07.